The number of hydrogen-bond donors (Lipinski definition) is 0. The van der Waals surface area contributed by atoms with Gasteiger partial charge in [-0.2, -0.15) is 0 Å². The largest absolute Gasteiger partial charge is 0.496 e. The lowest BCUT2D eigenvalue weighted by atomic mass is 10.1. The summed E-state index contributed by atoms with van der Waals surface area (Å²) in [7, 11) is 4.58. The number of benzene rings is 1. The van der Waals surface area contributed by atoms with Gasteiger partial charge in [0.2, 0.25) is 0 Å². The van der Waals surface area contributed by atoms with E-state index in [1.807, 2.05) is 0 Å². The Morgan fingerprint density at radius 3 is 2.38 bits per heavy atom. The fraction of sp³-hybridized carbons (Fsp3) is 0.176. The minimum atomic E-state index is -0.571. The van der Waals surface area contributed by atoms with Gasteiger partial charge in [0.25, 0.3) is 5.90 Å². The van der Waals surface area contributed by atoms with Crippen LogP contribution in [0.3, 0.4) is 0 Å². The molecule has 0 spiro atoms. The molecule has 0 saturated heterocycles. The van der Waals surface area contributed by atoms with Crippen LogP contribution in [0.15, 0.2) is 45.6 Å². The van der Waals surface area contributed by atoms with Gasteiger partial charge in [0.1, 0.15) is 5.75 Å². The second-order valence-electron chi connectivity index (χ2n) is 4.76. The monoisotopic (exact) mass is 329 g/mol. The molecule has 0 bridgehead atoms. The predicted molar refractivity (Wildman–Crippen MR) is 85.4 cm³/mol. The first kappa shape index (κ1) is 15.7. The average Bonchev–Trinajstić information content (AvgIpc) is 3.24. The van der Waals surface area contributed by atoms with E-state index >= 15 is 0 Å². The predicted octanol–water partition coefficient (Wildman–Crippen LogP) is 2.65. The standard InChI is InChI=1S/C17H15NO6/c1-20-13-9-15(22-3)14(21-2)8-10(13)7-11-17(19)24-16(18-11)12-5-4-6-23-12/h4-9H,1-3H3/b11-7+. The summed E-state index contributed by atoms with van der Waals surface area (Å²) < 4.78 is 26.1. The summed E-state index contributed by atoms with van der Waals surface area (Å²) in [6.07, 6.45) is 3.03. The fourth-order valence-corrected chi connectivity index (χ4v) is 2.23. The number of nitrogens with zero attached hydrogens (tertiary/aromatic N) is 1. The molecule has 24 heavy (non-hydrogen) atoms. The van der Waals surface area contributed by atoms with Gasteiger partial charge in [-0.1, -0.05) is 0 Å². The van der Waals surface area contributed by atoms with E-state index in [9.17, 15) is 4.79 Å². The lowest BCUT2D eigenvalue weighted by molar-refractivity contribution is -0.130. The zero-order valence-corrected chi connectivity index (χ0v) is 13.4. The Kier molecular flexibility index (Phi) is 4.24. The Morgan fingerprint density at radius 2 is 1.75 bits per heavy atom. The van der Waals surface area contributed by atoms with Crippen LogP contribution in [0.5, 0.6) is 17.2 Å². The summed E-state index contributed by atoms with van der Waals surface area (Å²) in [4.78, 5) is 16.2. The molecule has 124 valence electrons. The molecule has 1 aliphatic heterocycles. The number of carbonyl (C=O) groups excluding carboxylic acids is 1. The number of methoxy groups -OCH3 is 3. The van der Waals surface area contributed by atoms with E-state index in [1.54, 1.807) is 30.3 Å². The Bertz CT molecular complexity index is 820. The van der Waals surface area contributed by atoms with Crippen LogP contribution in [0.1, 0.15) is 11.3 Å². The highest BCUT2D eigenvalue weighted by atomic mass is 16.6. The average molecular weight is 329 g/mol. The van der Waals surface area contributed by atoms with Gasteiger partial charge in [-0.15, -0.1) is 0 Å². The lowest BCUT2D eigenvalue weighted by Gasteiger charge is -2.12. The van der Waals surface area contributed by atoms with Crippen molar-refractivity contribution in [2.24, 2.45) is 4.99 Å². The van der Waals surface area contributed by atoms with E-state index in [2.05, 4.69) is 4.99 Å². The molecule has 0 aliphatic carbocycles. The van der Waals surface area contributed by atoms with Crippen molar-refractivity contribution in [3.8, 4) is 17.2 Å². The van der Waals surface area contributed by atoms with Crippen molar-refractivity contribution >= 4 is 17.9 Å². The van der Waals surface area contributed by atoms with Crippen molar-refractivity contribution in [1.29, 1.82) is 0 Å². The smallest absolute Gasteiger partial charge is 0.363 e. The highest BCUT2D eigenvalue weighted by Gasteiger charge is 2.26. The summed E-state index contributed by atoms with van der Waals surface area (Å²) in [5.41, 5.74) is 0.735. The molecule has 0 unspecified atom stereocenters. The van der Waals surface area contributed by atoms with E-state index in [0.717, 1.165) is 0 Å². The van der Waals surface area contributed by atoms with Crippen LogP contribution >= 0.6 is 0 Å². The maximum absolute atomic E-state index is 12.0. The van der Waals surface area contributed by atoms with Crippen molar-refractivity contribution < 1.29 is 28.2 Å². The normalized spacial score (nSPS) is 15.2. The highest BCUT2D eigenvalue weighted by molar-refractivity contribution is 6.12. The van der Waals surface area contributed by atoms with Crippen molar-refractivity contribution in [2.45, 2.75) is 0 Å². The number of hydrogen-bond acceptors (Lipinski definition) is 7. The number of ether oxygens (including phenoxy) is 4. The molecule has 0 atom stereocenters. The minimum Gasteiger partial charge on any atom is -0.496 e. The van der Waals surface area contributed by atoms with Crippen LogP contribution in [-0.2, 0) is 9.53 Å². The molecule has 0 N–H and O–H groups in total. The Hall–Kier alpha value is -3.22. The van der Waals surface area contributed by atoms with Gasteiger partial charge >= 0.3 is 5.97 Å². The molecule has 2 aromatic rings. The fourth-order valence-electron chi connectivity index (χ4n) is 2.23. The van der Waals surface area contributed by atoms with Gasteiger partial charge in [0, 0.05) is 11.6 Å². The van der Waals surface area contributed by atoms with Gasteiger partial charge in [0.15, 0.2) is 23.0 Å². The van der Waals surface area contributed by atoms with Crippen LogP contribution in [0.25, 0.3) is 6.08 Å². The first-order valence-corrected chi connectivity index (χ1v) is 7.02. The molecule has 0 saturated carbocycles. The van der Waals surface area contributed by atoms with Crippen molar-refractivity contribution in [1.82, 2.24) is 0 Å². The molecule has 7 heteroatoms. The van der Waals surface area contributed by atoms with E-state index < -0.39 is 5.97 Å². The Balaban J connectivity index is 2.03. The van der Waals surface area contributed by atoms with Crippen molar-refractivity contribution in [3.63, 3.8) is 0 Å². The van der Waals surface area contributed by atoms with E-state index in [1.165, 1.54) is 27.6 Å². The summed E-state index contributed by atoms with van der Waals surface area (Å²) in [6, 6.07) is 6.71. The van der Waals surface area contributed by atoms with Crippen LogP contribution < -0.4 is 14.2 Å². The van der Waals surface area contributed by atoms with Crippen LogP contribution in [0.4, 0.5) is 0 Å². The molecule has 1 aromatic heterocycles. The molecule has 1 aliphatic rings. The summed E-state index contributed by atoms with van der Waals surface area (Å²) >= 11 is 0. The zero-order chi connectivity index (χ0) is 17.1. The second kappa shape index (κ2) is 6.49. The number of furan rings is 1. The first-order valence-electron chi connectivity index (χ1n) is 7.02. The van der Waals surface area contributed by atoms with Crippen LogP contribution in [-0.4, -0.2) is 33.2 Å². The second-order valence-corrected chi connectivity index (χ2v) is 4.76. The minimum absolute atomic E-state index is 0.121. The summed E-state index contributed by atoms with van der Waals surface area (Å²) in [5.74, 6) is 1.46. The van der Waals surface area contributed by atoms with Crippen LogP contribution in [0, 0.1) is 0 Å². The number of rotatable bonds is 5. The Labute approximate surface area is 138 Å². The maximum Gasteiger partial charge on any atom is 0.363 e. The first-order chi connectivity index (χ1) is 11.7. The number of cyclic esters (lactones) is 1. The third-order valence-corrected chi connectivity index (χ3v) is 3.38. The zero-order valence-electron chi connectivity index (χ0n) is 13.4. The molecule has 3 rings (SSSR count). The van der Waals surface area contributed by atoms with E-state index in [0.29, 0.717) is 28.6 Å². The van der Waals surface area contributed by atoms with E-state index in [4.69, 9.17) is 23.4 Å². The molecular weight excluding hydrogens is 314 g/mol. The van der Waals surface area contributed by atoms with E-state index in [-0.39, 0.29) is 11.6 Å². The molecule has 0 fully saturated rings. The molecule has 0 radical (unpaired) electrons. The molecular formula is C17H15NO6. The third-order valence-electron chi connectivity index (χ3n) is 3.38. The topological polar surface area (TPSA) is 79.5 Å². The van der Waals surface area contributed by atoms with Crippen molar-refractivity contribution in [3.05, 3.63) is 47.5 Å². The van der Waals surface area contributed by atoms with Gasteiger partial charge < -0.3 is 23.4 Å². The maximum atomic E-state index is 12.0. The molecule has 1 aromatic carbocycles. The lowest BCUT2D eigenvalue weighted by Crippen LogP contribution is -2.04. The van der Waals surface area contributed by atoms with Gasteiger partial charge in [-0.3, -0.25) is 0 Å². The third kappa shape index (κ3) is 2.83. The van der Waals surface area contributed by atoms with Gasteiger partial charge in [0.05, 0.1) is 27.6 Å². The Morgan fingerprint density at radius 1 is 1.04 bits per heavy atom. The highest BCUT2D eigenvalue weighted by Crippen LogP contribution is 2.36. The number of aliphatic imine (C=N–C) groups is 1. The van der Waals surface area contributed by atoms with Crippen molar-refractivity contribution in [2.75, 3.05) is 21.3 Å². The summed E-state index contributed by atoms with van der Waals surface area (Å²) in [5, 5.41) is 0. The van der Waals surface area contributed by atoms with Gasteiger partial charge in [-0.05, 0) is 24.3 Å². The number of esters is 1. The SMILES string of the molecule is COc1cc(OC)c(OC)cc1/C=C1/N=C(c2ccco2)OC1=O. The quantitative estimate of drug-likeness (QED) is 0.620. The molecule has 2 heterocycles. The summed E-state index contributed by atoms with van der Waals surface area (Å²) in [6.45, 7) is 0. The number of carbonyl (C=O) groups is 1. The molecule has 7 nitrogen and oxygen atoms in total. The molecule has 0 amide bonds. The van der Waals surface area contributed by atoms with Gasteiger partial charge in [-0.25, -0.2) is 9.79 Å². The van der Waals surface area contributed by atoms with Crippen LogP contribution in [0.2, 0.25) is 0 Å².